The van der Waals surface area contributed by atoms with Crippen molar-refractivity contribution in [3.05, 3.63) is 47.2 Å². The standard InChI is InChI=1S/C21H27F3N4O4S/c1-20(2,30)14-11-15(25)13(12-26-8-9-33(4,31)32)10-16(14)27-19(29)17-6-5-7-18(28(17)3)21(22,23)24/h5-7,10-12,18,30H,8-9,25H2,1-4H3,(H,27,29). The Morgan fingerprint density at radius 3 is 2.52 bits per heavy atom. The summed E-state index contributed by atoms with van der Waals surface area (Å²) in [6.07, 6.45) is 1.20. The van der Waals surface area contributed by atoms with E-state index < -0.39 is 33.6 Å². The maximum absolute atomic E-state index is 13.2. The number of hydrogen-bond acceptors (Lipinski definition) is 7. The van der Waals surface area contributed by atoms with Crippen molar-refractivity contribution in [3.8, 4) is 0 Å². The highest BCUT2D eigenvalue weighted by Gasteiger charge is 2.43. The molecule has 4 N–H and O–H groups in total. The van der Waals surface area contributed by atoms with Crippen LogP contribution in [0.5, 0.6) is 0 Å². The van der Waals surface area contributed by atoms with Gasteiger partial charge in [0, 0.05) is 42.0 Å². The zero-order chi connectivity index (χ0) is 25.2. The molecule has 1 heterocycles. The van der Waals surface area contributed by atoms with Crippen molar-refractivity contribution < 1.29 is 31.5 Å². The van der Waals surface area contributed by atoms with Gasteiger partial charge in [0.05, 0.1) is 17.9 Å². The molecule has 2 rings (SSSR count). The van der Waals surface area contributed by atoms with Crippen molar-refractivity contribution in [1.82, 2.24) is 4.90 Å². The van der Waals surface area contributed by atoms with Crippen molar-refractivity contribution in [2.45, 2.75) is 31.7 Å². The van der Waals surface area contributed by atoms with Crippen molar-refractivity contribution in [2.24, 2.45) is 4.99 Å². The summed E-state index contributed by atoms with van der Waals surface area (Å²) in [7, 11) is -2.04. The molecule has 12 heteroatoms. The fraction of sp³-hybridized carbons (Fsp3) is 0.429. The largest absolute Gasteiger partial charge is 0.412 e. The fourth-order valence-corrected chi connectivity index (χ4v) is 3.57. The summed E-state index contributed by atoms with van der Waals surface area (Å²) in [5, 5.41) is 13.1. The molecular formula is C21H27F3N4O4S. The van der Waals surface area contributed by atoms with Gasteiger partial charge in [-0.05, 0) is 32.1 Å². The molecule has 1 aromatic carbocycles. The molecule has 1 atom stereocenters. The second kappa shape index (κ2) is 9.56. The summed E-state index contributed by atoms with van der Waals surface area (Å²) < 4.78 is 62.2. The minimum absolute atomic E-state index is 0.00391. The van der Waals surface area contributed by atoms with Gasteiger partial charge in [0.15, 0.2) is 0 Å². The van der Waals surface area contributed by atoms with Gasteiger partial charge < -0.3 is 21.1 Å². The van der Waals surface area contributed by atoms with E-state index in [1.807, 2.05) is 0 Å². The van der Waals surface area contributed by atoms with Gasteiger partial charge in [0.1, 0.15) is 21.6 Å². The second-order valence-electron chi connectivity index (χ2n) is 8.24. The number of rotatable bonds is 7. The van der Waals surface area contributed by atoms with Crippen LogP contribution < -0.4 is 11.1 Å². The van der Waals surface area contributed by atoms with Crippen LogP contribution in [0, 0.1) is 0 Å². The van der Waals surface area contributed by atoms with Gasteiger partial charge in [0.25, 0.3) is 5.91 Å². The zero-order valence-electron chi connectivity index (χ0n) is 18.6. The van der Waals surface area contributed by atoms with Crippen LogP contribution in [0.1, 0.15) is 25.0 Å². The molecule has 0 radical (unpaired) electrons. The van der Waals surface area contributed by atoms with E-state index in [1.54, 1.807) is 0 Å². The molecule has 0 bridgehead atoms. The monoisotopic (exact) mass is 488 g/mol. The predicted octanol–water partition coefficient (Wildman–Crippen LogP) is 2.21. The van der Waals surface area contributed by atoms with Crippen molar-refractivity contribution in [3.63, 3.8) is 0 Å². The first-order valence-electron chi connectivity index (χ1n) is 9.84. The molecule has 182 valence electrons. The summed E-state index contributed by atoms with van der Waals surface area (Å²) in [5.74, 6) is -0.977. The van der Waals surface area contributed by atoms with Gasteiger partial charge >= 0.3 is 6.18 Å². The molecule has 8 nitrogen and oxygen atoms in total. The van der Waals surface area contributed by atoms with Gasteiger partial charge in [-0.25, -0.2) is 8.42 Å². The number of alkyl halides is 3. The van der Waals surface area contributed by atoms with E-state index in [-0.39, 0.29) is 34.9 Å². The highest BCUT2D eigenvalue weighted by molar-refractivity contribution is 7.90. The van der Waals surface area contributed by atoms with Crippen LogP contribution in [-0.4, -0.2) is 68.4 Å². The Hall–Kier alpha value is -2.86. The molecule has 1 aromatic rings. The summed E-state index contributed by atoms with van der Waals surface area (Å²) in [4.78, 5) is 17.7. The highest BCUT2D eigenvalue weighted by Crippen LogP contribution is 2.33. The van der Waals surface area contributed by atoms with Gasteiger partial charge in [0.2, 0.25) is 0 Å². The van der Waals surface area contributed by atoms with E-state index in [9.17, 15) is 31.5 Å². The number of aliphatic hydroxyl groups is 1. The number of carbonyl (C=O) groups excluding carboxylic acids is 1. The summed E-state index contributed by atoms with van der Waals surface area (Å²) in [6, 6.07) is 0.886. The average molecular weight is 489 g/mol. The van der Waals surface area contributed by atoms with Gasteiger partial charge in [-0.15, -0.1) is 0 Å². The van der Waals surface area contributed by atoms with Crippen LogP contribution in [0.3, 0.4) is 0 Å². The molecule has 0 fully saturated rings. The highest BCUT2D eigenvalue weighted by atomic mass is 32.2. The summed E-state index contributed by atoms with van der Waals surface area (Å²) in [6.45, 7) is 2.92. The van der Waals surface area contributed by atoms with Gasteiger partial charge in [-0.3, -0.25) is 9.79 Å². The van der Waals surface area contributed by atoms with Gasteiger partial charge in [-0.2, -0.15) is 13.2 Å². The first-order valence-corrected chi connectivity index (χ1v) is 11.9. The van der Waals surface area contributed by atoms with E-state index in [0.29, 0.717) is 5.56 Å². The van der Waals surface area contributed by atoms with Crippen LogP contribution in [0.4, 0.5) is 24.5 Å². The van der Waals surface area contributed by atoms with E-state index in [0.717, 1.165) is 30.4 Å². The predicted molar refractivity (Wildman–Crippen MR) is 122 cm³/mol. The number of allylic oxidation sites excluding steroid dienone is 2. The first kappa shape index (κ1) is 26.4. The number of halogens is 3. The number of anilines is 2. The van der Waals surface area contributed by atoms with Gasteiger partial charge in [-0.1, -0.05) is 12.2 Å². The number of nitrogens with two attached hydrogens (primary N) is 1. The number of aliphatic imine (C=N–C) groups is 1. The summed E-state index contributed by atoms with van der Waals surface area (Å²) >= 11 is 0. The van der Waals surface area contributed by atoms with E-state index in [2.05, 4.69) is 10.3 Å². The molecule has 0 saturated heterocycles. The Bertz CT molecular complexity index is 1100. The number of nitrogen functional groups attached to an aromatic ring is 1. The van der Waals surface area contributed by atoms with Crippen LogP contribution in [0.15, 0.2) is 41.1 Å². The van der Waals surface area contributed by atoms with E-state index in [4.69, 9.17) is 5.73 Å². The Labute approximate surface area is 190 Å². The van der Waals surface area contributed by atoms with Crippen LogP contribution in [0.2, 0.25) is 0 Å². The topological polar surface area (TPSA) is 125 Å². The number of sulfone groups is 1. The molecule has 0 saturated carbocycles. The first-order chi connectivity index (χ1) is 15.0. The van der Waals surface area contributed by atoms with Crippen molar-refractivity contribution >= 4 is 33.3 Å². The second-order valence-corrected chi connectivity index (χ2v) is 10.5. The maximum atomic E-state index is 13.2. The number of benzene rings is 1. The minimum Gasteiger partial charge on any atom is -0.398 e. The number of nitrogens with zero attached hydrogens (tertiary/aromatic N) is 2. The number of carbonyl (C=O) groups is 1. The third kappa shape index (κ3) is 7.06. The Morgan fingerprint density at radius 1 is 1.33 bits per heavy atom. The Balaban J connectivity index is 2.37. The van der Waals surface area contributed by atoms with Crippen LogP contribution in [0.25, 0.3) is 0 Å². The smallest absolute Gasteiger partial charge is 0.398 e. The zero-order valence-corrected chi connectivity index (χ0v) is 19.5. The lowest BCUT2D eigenvalue weighted by molar-refractivity contribution is -0.163. The molecule has 1 unspecified atom stereocenters. The molecular weight excluding hydrogens is 461 g/mol. The van der Waals surface area contributed by atoms with E-state index >= 15 is 0 Å². The molecule has 33 heavy (non-hydrogen) atoms. The lowest BCUT2D eigenvalue weighted by Crippen LogP contribution is -2.45. The lowest BCUT2D eigenvalue weighted by atomic mass is 9.94. The number of hydrogen-bond donors (Lipinski definition) is 3. The molecule has 1 aliphatic rings. The molecule has 0 spiro atoms. The normalized spacial score (nSPS) is 17.4. The molecule has 0 aliphatic carbocycles. The van der Waals surface area contributed by atoms with Crippen molar-refractivity contribution in [1.29, 1.82) is 0 Å². The van der Waals surface area contributed by atoms with Crippen LogP contribution >= 0.6 is 0 Å². The quantitative estimate of drug-likeness (QED) is 0.399. The number of likely N-dealkylation sites (N-methyl/N-ethyl adjacent to an activating group) is 1. The third-order valence-electron chi connectivity index (χ3n) is 4.86. The number of nitrogens with one attached hydrogen (secondary N) is 1. The summed E-state index contributed by atoms with van der Waals surface area (Å²) in [5.41, 5.74) is 5.28. The van der Waals surface area contributed by atoms with Crippen molar-refractivity contribution in [2.75, 3.05) is 36.7 Å². The van der Waals surface area contributed by atoms with E-state index in [1.165, 1.54) is 38.3 Å². The number of amides is 1. The van der Waals surface area contributed by atoms with Crippen LogP contribution in [-0.2, 0) is 20.2 Å². The minimum atomic E-state index is -4.57. The SMILES string of the molecule is CN1C(C(=O)Nc2cc(C=NCCS(C)(=O)=O)c(N)cc2C(C)(C)O)=CC=CC1C(F)(F)F. The lowest BCUT2D eigenvalue weighted by Gasteiger charge is -2.33. The molecule has 1 amide bonds. The maximum Gasteiger partial charge on any atom is 0.412 e. The Kier molecular flexibility index (Phi) is 7.64. The average Bonchev–Trinajstić information content (AvgIpc) is 2.64. The third-order valence-corrected chi connectivity index (χ3v) is 5.79. The Morgan fingerprint density at radius 2 is 1.97 bits per heavy atom. The fourth-order valence-electron chi connectivity index (χ4n) is 3.14. The molecule has 0 aromatic heterocycles. The molecule has 1 aliphatic heterocycles.